The van der Waals surface area contributed by atoms with Gasteiger partial charge in [0.05, 0.1) is 8.81 Å². The molecule has 0 aromatic carbocycles. The molecule has 1 aromatic rings. The van der Waals surface area contributed by atoms with Crippen molar-refractivity contribution in [1.82, 2.24) is 4.31 Å². The smallest absolute Gasteiger partial charge is 0.206 e. The number of hydrogen-bond acceptors (Lipinski definition) is 3. The Balaban J connectivity index is 2.28. The van der Waals surface area contributed by atoms with Gasteiger partial charge >= 0.3 is 0 Å². The summed E-state index contributed by atoms with van der Waals surface area (Å²) in [5.74, 6) is 0. The van der Waals surface area contributed by atoms with E-state index < -0.39 is 10.0 Å². The minimum absolute atomic E-state index is 0.0124. The van der Waals surface area contributed by atoms with Gasteiger partial charge < -0.3 is 0 Å². The van der Waals surface area contributed by atoms with E-state index >= 15 is 0 Å². The SMILES string of the molecule is CN(C1CCCCC1Br)S(=O)(=O)c1cc(Cl)c(Br)s1. The first-order chi connectivity index (χ1) is 8.84. The van der Waals surface area contributed by atoms with Crippen LogP contribution in [0.3, 0.4) is 0 Å². The number of rotatable bonds is 3. The Bertz CT molecular complexity index is 542. The Labute approximate surface area is 139 Å². The van der Waals surface area contributed by atoms with Gasteiger partial charge in [0.2, 0.25) is 0 Å². The summed E-state index contributed by atoms with van der Waals surface area (Å²) in [7, 11) is -1.81. The van der Waals surface area contributed by atoms with Gasteiger partial charge in [-0.05, 0) is 34.8 Å². The van der Waals surface area contributed by atoms with Gasteiger partial charge in [-0.2, -0.15) is 4.31 Å². The molecule has 1 saturated carbocycles. The quantitative estimate of drug-likeness (QED) is 0.635. The first kappa shape index (κ1) is 16.2. The molecule has 8 heteroatoms. The summed E-state index contributed by atoms with van der Waals surface area (Å²) in [4.78, 5) is 0.222. The van der Waals surface area contributed by atoms with Gasteiger partial charge in [-0.15, -0.1) is 11.3 Å². The standard InChI is InChI=1S/C11H14Br2ClNO2S2/c1-15(9-5-3-2-4-7(9)12)19(16,17)10-6-8(14)11(13)18-10/h6-7,9H,2-5H2,1H3. The van der Waals surface area contributed by atoms with Crippen LogP contribution in [0, 0.1) is 0 Å². The Morgan fingerprint density at radius 2 is 2.05 bits per heavy atom. The molecular weight excluding hydrogens is 438 g/mol. The van der Waals surface area contributed by atoms with Gasteiger partial charge in [0.15, 0.2) is 0 Å². The lowest BCUT2D eigenvalue weighted by atomic mass is 9.96. The Hall–Kier alpha value is 0.860. The molecule has 108 valence electrons. The van der Waals surface area contributed by atoms with Crippen molar-refractivity contribution in [1.29, 1.82) is 0 Å². The molecule has 3 nitrogen and oxygen atoms in total. The van der Waals surface area contributed by atoms with Gasteiger partial charge in [-0.1, -0.05) is 40.4 Å². The van der Waals surface area contributed by atoms with E-state index in [0.717, 1.165) is 37.0 Å². The largest absolute Gasteiger partial charge is 0.252 e. The van der Waals surface area contributed by atoms with Gasteiger partial charge in [-0.25, -0.2) is 8.42 Å². The highest BCUT2D eigenvalue weighted by Crippen LogP contribution is 2.37. The van der Waals surface area contributed by atoms with Gasteiger partial charge in [0, 0.05) is 17.9 Å². The minimum atomic E-state index is -3.47. The van der Waals surface area contributed by atoms with Crippen molar-refractivity contribution in [3.8, 4) is 0 Å². The van der Waals surface area contributed by atoms with Crippen LogP contribution in [0.4, 0.5) is 0 Å². The highest BCUT2D eigenvalue weighted by atomic mass is 79.9. The maximum Gasteiger partial charge on any atom is 0.252 e. The Morgan fingerprint density at radius 1 is 1.42 bits per heavy atom. The van der Waals surface area contributed by atoms with Gasteiger partial charge in [0.1, 0.15) is 4.21 Å². The van der Waals surface area contributed by atoms with Crippen molar-refractivity contribution >= 4 is 64.8 Å². The third kappa shape index (κ3) is 3.37. The lowest BCUT2D eigenvalue weighted by Crippen LogP contribution is -2.43. The van der Waals surface area contributed by atoms with Crippen molar-refractivity contribution in [3.05, 3.63) is 14.9 Å². The van der Waals surface area contributed by atoms with E-state index in [1.165, 1.54) is 10.4 Å². The molecule has 1 aliphatic carbocycles. The summed E-state index contributed by atoms with van der Waals surface area (Å²) in [5.41, 5.74) is 0. The fourth-order valence-electron chi connectivity index (χ4n) is 2.25. The van der Waals surface area contributed by atoms with Crippen molar-refractivity contribution in [2.24, 2.45) is 0 Å². The minimum Gasteiger partial charge on any atom is -0.206 e. The van der Waals surface area contributed by atoms with Crippen molar-refractivity contribution in [3.63, 3.8) is 0 Å². The maximum atomic E-state index is 12.6. The summed E-state index contributed by atoms with van der Waals surface area (Å²) in [5, 5.41) is 0.441. The summed E-state index contributed by atoms with van der Waals surface area (Å²) in [6.45, 7) is 0. The van der Waals surface area contributed by atoms with Crippen LogP contribution in [-0.2, 0) is 10.0 Å². The lowest BCUT2D eigenvalue weighted by molar-refractivity contribution is 0.297. The maximum absolute atomic E-state index is 12.6. The first-order valence-corrected chi connectivity index (χ1v) is 10.3. The van der Waals surface area contributed by atoms with Gasteiger partial charge in [-0.3, -0.25) is 0 Å². The van der Waals surface area contributed by atoms with Crippen LogP contribution in [0.15, 0.2) is 14.1 Å². The van der Waals surface area contributed by atoms with Gasteiger partial charge in [0.25, 0.3) is 10.0 Å². The molecule has 1 aromatic heterocycles. The van der Waals surface area contributed by atoms with E-state index in [0.29, 0.717) is 8.81 Å². The fourth-order valence-corrected chi connectivity index (χ4v) is 7.36. The predicted octanol–water partition coefficient (Wildman–Crippen LogP) is 4.49. The molecule has 0 amide bonds. The first-order valence-electron chi connectivity index (χ1n) is 5.91. The second-order valence-corrected chi connectivity index (χ2v) is 10.8. The zero-order valence-corrected chi connectivity index (χ0v) is 15.8. The van der Waals surface area contributed by atoms with Crippen molar-refractivity contribution in [2.45, 2.75) is 40.8 Å². The van der Waals surface area contributed by atoms with Crippen molar-refractivity contribution < 1.29 is 8.42 Å². The highest BCUT2D eigenvalue weighted by molar-refractivity contribution is 9.11. The number of hydrogen-bond donors (Lipinski definition) is 0. The molecule has 19 heavy (non-hydrogen) atoms. The molecule has 0 aliphatic heterocycles. The summed E-state index contributed by atoms with van der Waals surface area (Å²) in [6, 6.07) is 1.52. The van der Waals surface area contributed by atoms with E-state index in [1.54, 1.807) is 7.05 Å². The zero-order valence-electron chi connectivity index (χ0n) is 10.3. The monoisotopic (exact) mass is 449 g/mol. The molecule has 0 bridgehead atoms. The molecular formula is C11H14Br2ClNO2S2. The van der Waals surface area contributed by atoms with Crippen LogP contribution in [0.1, 0.15) is 25.7 Å². The summed E-state index contributed by atoms with van der Waals surface area (Å²) in [6.07, 6.45) is 4.13. The topological polar surface area (TPSA) is 37.4 Å². The number of thiophene rings is 1. The van der Waals surface area contributed by atoms with Crippen LogP contribution < -0.4 is 0 Å². The average Bonchev–Trinajstić information content (AvgIpc) is 2.70. The molecule has 2 atom stereocenters. The number of alkyl halides is 1. The zero-order chi connectivity index (χ0) is 14.2. The third-order valence-corrected chi connectivity index (χ3v) is 9.24. The van der Waals surface area contributed by atoms with Crippen LogP contribution in [0.2, 0.25) is 5.02 Å². The number of sulfonamides is 1. The Kier molecular flexibility index (Phi) is 5.40. The average molecular weight is 452 g/mol. The molecule has 1 fully saturated rings. The van der Waals surface area contributed by atoms with Crippen molar-refractivity contribution in [2.75, 3.05) is 7.05 Å². The van der Waals surface area contributed by atoms with Crippen LogP contribution >= 0.6 is 54.8 Å². The van der Waals surface area contributed by atoms with E-state index in [2.05, 4.69) is 31.9 Å². The molecule has 0 radical (unpaired) electrons. The molecule has 0 N–H and O–H groups in total. The summed E-state index contributed by atoms with van der Waals surface area (Å²) >= 11 is 13.9. The second-order valence-electron chi connectivity index (χ2n) is 4.58. The predicted molar refractivity (Wildman–Crippen MR) is 86.9 cm³/mol. The Morgan fingerprint density at radius 3 is 2.58 bits per heavy atom. The highest BCUT2D eigenvalue weighted by Gasteiger charge is 2.35. The molecule has 0 saturated heterocycles. The molecule has 1 heterocycles. The third-order valence-electron chi connectivity index (χ3n) is 3.37. The molecule has 2 unspecified atom stereocenters. The van der Waals surface area contributed by atoms with E-state index in [-0.39, 0.29) is 15.1 Å². The van der Waals surface area contributed by atoms with Crippen LogP contribution in [-0.4, -0.2) is 30.6 Å². The number of halogens is 3. The van der Waals surface area contributed by atoms with Crippen LogP contribution in [0.25, 0.3) is 0 Å². The molecule has 2 rings (SSSR count). The summed E-state index contributed by atoms with van der Waals surface area (Å²) < 4.78 is 27.6. The van der Waals surface area contributed by atoms with E-state index in [9.17, 15) is 8.42 Å². The number of nitrogens with zero attached hydrogens (tertiary/aromatic N) is 1. The van der Waals surface area contributed by atoms with E-state index in [1.807, 2.05) is 0 Å². The van der Waals surface area contributed by atoms with Crippen LogP contribution in [0.5, 0.6) is 0 Å². The second kappa shape index (κ2) is 6.32. The fraction of sp³-hybridized carbons (Fsp3) is 0.636. The molecule has 1 aliphatic rings. The molecule has 0 spiro atoms. The normalized spacial score (nSPS) is 24.9. The lowest BCUT2D eigenvalue weighted by Gasteiger charge is -2.34. The van der Waals surface area contributed by atoms with E-state index in [4.69, 9.17) is 11.6 Å².